The van der Waals surface area contributed by atoms with Crippen molar-refractivity contribution in [3.63, 3.8) is 0 Å². The number of anilines is 1. The Labute approximate surface area is 155 Å². The van der Waals surface area contributed by atoms with Gasteiger partial charge in [0.05, 0.1) is 12.2 Å². The zero-order valence-corrected chi connectivity index (χ0v) is 16.3. The molecule has 0 aliphatic carbocycles. The summed E-state index contributed by atoms with van der Waals surface area (Å²) in [7, 11) is -4.77. The summed E-state index contributed by atoms with van der Waals surface area (Å²) in [5.41, 5.74) is 0.176. The minimum absolute atomic E-state index is 0.236. The smallest absolute Gasteiger partial charge is 0.410 e. The molecule has 1 aromatic heterocycles. The molecule has 144 valence electrons. The van der Waals surface area contributed by atoms with E-state index in [0.717, 1.165) is 10.6 Å². The standard InChI is InChI=1S/C15H20FN3O5S2/c1-15(2,3)24-14(21)18-5-4-10-11(8-18)25-13(17-10)19-7-9(6-12(19)20)26(16,22)23/h9H,4-8H2,1-3H3. The number of carbonyl (C=O) groups is 2. The SMILES string of the molecule is CC(C)(C)OC(=O)N1CCc2nc(N3CC(S(=O)(=O)F)CC3=O)sc2C1. The number of rotatable bonds is 2. The summed E-state index contributed by atoms with van der Waals surface area (Å²) in [6.07, 6.45) is -0.288. The van der Waals surface area contributed by atoms with Crippen molar-refractivity contribution in [1.82, 2.24) is 9.88 Å². The van der Waals surface area contributed by atoms with Gasteiger partial charge in [-0.3, -0.25) is 9.69 Å². The molecular weight excluding hydrogens is 385 g/mol. The fraction of sp³-hybridized carbons (Fsp3) is 0.667. The van der Waals surface area contributed by atoms with Gasteiger partial charge in [0.25, 0.3) is 0 Å². The highest BCUT2D eigenvalue weighted by Gasteiger charge is 2.41. The summed E-state index contributed by atoms with van der Waals surface area (Å²) >= 11 is 1.22. The highest BCUT2D eigenvalue weighted by atomic mass is 32.3. The number of halogens is 1. The van der Waals surface area contributed by atoms with Crippen LogP contribution in [0.25, 0.3) is 0 Å². The molecule has 26 heavy (non-hydrogen) atoms. The summed E-state index contributed by atoms with van der Waals surface area (Å²) in [4.78, 5) is 32.2. The number of aromatic nitrogens is 1. The van der Waals surface area contributed by atoms with E-state index in [1.165, 1.54) is 16.2 Å². The van der Waals surface area contributed by atoms with Crippen molar-refractivity contribution in [2.45, 2.75) is 51.0 Å². The number of nitrogens with zero attached hydrogens (tertiary/aromatic N) is 3. The molecule has 3 heterocycles. The van der Waals surface area contributed by atoms with Gasteiger partial charge in [-0.2, -0.15) is 8.42 Å². The topological polar surface area (TPSA) is 96.9 Å². The lowest BCUT2D eigenvalue weighted by Gasteiger charge is -2.29. The average Bonchev–Trinajstić information content (AvgIpc) is 3.06. The maximum Gasteiger partial charge on any atom is 0.410 e. The molecule has 1 aromatic rings. The van der Waals surface area contributed by atoms with Crippen molar-refractivity contribution in [2.75, 3.05) is 18.0 Å². The van der Waals surface area contributed by atoms with Crippen LogP contribution in [0.15, 0.2) is 0 Å². The van der Waals surface area contributed by atoms with Crippen molar-refractivity contribution in [2.24, 2.45) is 0 Å². The summed E-state index contributed by atoms with van der Waals surface area (Å²) in [5, 5.41) is -1.01. The van der Waals surface area contributed by atoms with E-state index in [0.29, 0.717) is 24.6 Å². The first-order valence-corrected chi connectivity index (χ1v) is 10.4. The second-order valence-electron chi connectivity index (χ2n) is 7.32. The summed E-state index contributed by atoms with van der Waals surface area (Å²) in [6, 6.07) is 0. The highest BCUT2D eigenvalue weighted by molar-refractivity contribution is 7.87. The van der Waals surface area contributed by atoms with Crippen LogP contribution < -0.4 is 4.90 Å². The number of hydrogen-bond donors (Lipinski definition) is 0. The molecular formula is C15H20FN3O5S2. The number of carbonyl (C=O) groups excluding carboxylic acids is 2. The molecule has 1 fully saturated rings. The minimum atomic E-state index is -4.77. The third-order valence-electron chi connectivity index (χ3n) is 4.09. The van der Waals surface area contributed by atoms with Gasteiger partial charge >= 0.3 is 16.3 Å². The van der Waals surface area contributed by atoms with Crippen molar-refractivity contribution in [3.05, 3.63) is 10.6 Å². The molecule has 1 atom stereocenters. The first kappa shape index (κ1) is 19.0. The van der Waals surface area contributed by atoms with E-state index in [9.17, 15) is 21.9 Å². The normalized spacial score (nSPS) is 21.1. The van der Waals surface area contributed by atoms with E-state index in [1.54, 1.807) is 25.7 Å². The van der Waals surface area contributed by atoms with Gasteiger partial charge in [-0.1, -0.05) is 11.3 Å². The minimum Gasteiger partial charge on any atom is -0.444 e. The summed E-state index contributed by atoms with van der Waals surface area (Å²) < 4.78 is 40.7. The van der Waals surface area contributed by atoms with E-state index in [-0.39, 0.29) is 13.0 Å². The number of amides is 2. The lowest BCUT2D eigenvalue weighted by Crippen LogP contribution is -2.39. The van der Waals surface area contributed by atoms with Gasteiger partial charge in [-0.15, -0.1) is 3.89 Å². The molecule has 1 saturated heterocycles. The van der Waals surface area contributed by atoms with E-state index in [2.05, 4.69) is 4.98 Å². The van der Waals surface area contributed by atoms with Crippen molar-refractivity contribution < 1.29 is 26.6 Å². The summed E-state index contributed by atoms with van der Waals surface area (Å²) in [6.45, 7) is 5.90. The molecule has 11 heteroatoms. The number of hydrogen-bond acceptors (Lipinski definition) is 7. The Morgan fingerprint density at radius 3 is 2.65 bits per heavy atom. The Morgan fingerprint density at radius 2 is 2.08 bits per heavy atom. The lowest BCUT2D eigenvalue weighted by molar-refractivity contribution is -0.117. The average molecular weight is 405 g/mol. The zero-order valence-electron chi connectivity index (χ0n) is 14.7. The van der Waals surface area contributed by atoms with Gasteiger partial charge in [0.15, 0.2) is 5.13 Å². The lowest BCUT2D eigenvalue weighted by atomic mass is 10.2. The van der Waals surface area contributed by atoms with E-state index in [4.69, 9.17) is 4.74 Å². The Balaban J connectivity index is 1.74. The molecule has 0 spiro atoms. The van der Waals surface area contributed by atoms with Gasteiger partial charge in [-0.05, 0) is 20.8 Å². The Morgan fingerprint density at radius 1 is 1.38 bits per heavy atom. The summed E-state index contributed by atoms with van der Waals surface area (Å²) in [5.74, 6) is -0.466. The number of ether oxygens (including phenoxy) is 1. The van der Waals surface area contributed by atoms with Gasteiger partial charge < -0.3 is 9.64 Å². The van der Waals surface area contributed by atoms with Crippen LogP contribution in [0, 0.1) is 0 Å². The molecule has 2 aliphatic rings. The number of thiazole rings is 1. The fourth-order valence-corrected chi connectivity index (χ4v) is 4.65. The van der Waals surface area contributed by atoms with E-state index in [1.807, 2.05) is 0 Å². The Kier molecular flexibility index (Phi) is 4.72. The van der Waals surface area contributed by atoms with Crippen molar-refractivity contribution >= 4 is 38.7 Å². The van der Waals surface area contributed by atoms with Gasteiger partial charge in [0, 0.05) is 30.8 Å². The first-order chi connectivity index (χ1) is 11.9. The van der Waals surface area contributed by atoms with Crippen molar-refractivity contribution in [1.29, 1.82) is 0 Å². The monoisotopic (exact) mass is 405 g/mol. The predicted molar refractivity (Wildman–Crippen MR) is 93.2 cm³/mol. The maximum absolute atomic E-state index is 13.2. The van der Waals surface area contributed by atoms with Crippen LogP contribution in [0.2, 0.25) is 0 Å². The maximum atomic E-state index is 13.2. The molecule has 2 amide bonds. The highest BCUT2D eigenvalue weighted by Crippen LogP contribution is 2.34. The van der Waals surface area contributed by atoms with Crippen LogP contribution >= 0.6 is 11.3 Å². The molecule has 0 saturated carbocycles. The largest absolute Gasteiger partial charge is 0.444 e. The molecule has 0 aromatic carbocycles. The van der Waals surface area contributed by atoms with Gasteiger partial charge in [0.2, 0.25) is 5.91 Å². The third-order valence-corrected chi connectivity index (χ3v) is 6.31. The van der Waals surface area contributed by atoms with Crippen LogP contribution in [0.3, 0.4) is 0 Å². The van der Waals surface area contributed by atoms with Crippen LogP contribution in [-0.4, -0.2) is 54.2 Å². The van der Waals surface area contributed by atoms with E-state index < -0.39 is 33.1 Å². The van der Waals surface area contributed by atoms with Crippen molar-refractivity contribution in [3.8, 4) is 0 Å². The zero-order chi connectivity index (χ0) is 19.3. The second kappa shape index (κ2) is 6.45. The van der Waals surface area contributed by atoms with Crippen LogP contribution in [0.4, 0.5) is 13.8 Å². The molecule has 0 radical (unpaired) electrons. The Hall–Kier alpha value is -1.75. The van der Waals surface area contributed by atoms with E-state index >= 15 is 0 Å². The molecule has 1 unspecified atom stereocenters. The van der Waals surface area contributed by atoms with Crippen LogP contribution in [0.1, 0.15) is 37.8 Å². The second-order valence-corrected chi connectivity index (χ2v) is 10.0. The third kappa shape index (κ3) is 3.98. The molecule has 2 aliphatic heterocycles. The molecule has 0 N–H and O–H groups in total. The molecule has 0 bridgehead atoms. The molecule has 8 nitrogen and oxygen atoms in total. The quantitative estimate of drug-likeness (QED) is 0.697. The predicted octanol–water partition coefficient (Wildman–Crippen LogP) is 1.84. The number of fused-ring (bicyclic) bond motifs is 1. The Bertz CT molecular complexity index is 846. The molecule has 3 rings (SSSR count). The fourth-order valence-electron chi connectivity index (χ4n) is 2.83. The van der Waals surface area contributed by atoms with Gasteiger partial charge in [-0.25, -0.2) is 9.78 Å². The van der Waals surface area contributed by atoms with Gasteiger partial charge in [0.1, 0.15) is 10.9 Å². The van der Waals surface area contributed by atoms with Crippen LogP contribution in [-0.2, 0) is 32.7 Å². The first-order valence-electron chi connectivity index (χ1n) is 8.14. The van der Waals surface area contributed by atoms with Crippen LogP contribution in [0.5, 0.6) is 0 Å².